The minimum Gasteiger partial charge on any atom is -0.495 e. The Morgan fingerprint density at radius 1 is 1.05 bits per heavy atom. The first-order chi connectivity index (χ1) is 17.6. The molecular formula is C25H31ClN4O5S2. The molecule has 0 radical (unpaired) electrons. The summed E-state index contributed by atoms with van der Waals surface area (Å²) in [5, 5.41) is 1.05. The van der Waals surface area contributed by atoms with Crippen molar-refractivity contribution in [2.75, 3.05) is 59.4 Å². The number of rotatable bonds is 9. The molecule has 1 aliphatic heterocycles. The molecule has 0 unspecified atom stereocenters. The number of methoxy groups -OCH3 is 2. The molecule has 1 aliphatic rings. The molecule has 1 amide bonds. The van der Waals surface area contributed by atoms with Crippen LogP contribution in [-0.4, -0.2) is 83.0 Å². The first-order valence-corrected chi connectivity index (χ1v) is 14.5. The molecule has 0 saturated carbocycles. The van der Waals surface area contributed by atoms with Crippen LogP contribution in [0.25, 0.3) is 10.2 Å². The van der Waals surface area contributed by atoms with Gasteiger partial charge in [-0.25, -0.2) is 13.4 Å². The highest BCUT2D eigenvalue weighted by molar-refractivity contribution is 7.89. The number of anilines is 1. The Hall–Kier alpha value is -2.44. The van der Waals surface area contributed by atoms with E-state index in [1.807, 2.05) is 25.1 Å². The third kappa shape index (κ3) is 5.85. The highest BCUT2D eigenvalue weighted by atomic mass is 35.5. The maximum Gasteiger partial charge on any atom is 0.243 e. The van der Waals surface area contributed by atoms with Crippen LogP contribution in [0.3, 0.4) is 0 Å². The topological polar surface area (TPSA) is 92.3 Å². The smallest absolute Gasteiger partial charge is 0.243 e. The van der Waals surface area contributed by atoms with E-state index >= 15 is 0 Å². The Labute approximate surface area is 226 Å². The predicted octanol–water partition coefficient (Wildman–Crippen LogP) is 3.96. The Kier molecular flexibility index (Phi) is 8.59. The van der Waals surface area contributed by atoms with E-state index in [-0.39, 0.29) is 29.8 Å². The van der Waals surface area contributed by atoms with Crippen LogP contribution in [0, 0.1) is 5.92 Å². The first kappa shape index (κ1) is 27.6. The zero-order chi connectivity index (χ0) is 26.7. The van der Waals surface area contributed by atoms with E-state index in [0.29, 0.717) is 53.1 Å². The van der Waals surface area contributed by atoms with E-state index in [9.17, 15) is 13.2 Å². The predicted molar refractivity (Wildman–Crippen MR) is 147 cm³/mol. The third-order valence-electron chi connectivity index (χ3n) is 6.42. The Morgan fingerprint density at radius 2 is 1.68 bits per heavy atom. The van der Waals surface area contributed by atoms with Crippen molar-refractivity contribution in [1.82, 2.24) is 14.2 Å². The zero-order valence-corrected chi connectivity index (χ0v) is 23.7. The van der Waals surface area contributed by atoms with Gasteiger partial charge in [-0.2, -0.15) is 4.31 Å². The lowest BCUT2D eigenvalue weighted by Gasteiger charge is -2.33. The molecule has 200 valence electrons. The number of sulfonamides is 1. The molecule has 2 heterocycles. The van der Waals surface area contributed by atoms with Crippen LogP contribution in [0.15, 0.2) is 41.3 Å². The molecule has 1 fully saturated rings. The van der Waals surface area contributed by atoms with E-state index in [0.717, 1.165) is 4.70 Å². The molecule has 0 N–H and O–H groups in total. The number of likely N-dealkylation sites (N-methyl/N-ethyl adjacent to an activating group) is 1. The summed E-state index contributed by atoms with van der Waals surface area (Å²) < 4.78 is 39.4. The first-order valence-electron chi connectivity index (χ1n) is 11.9. The van der Waals surface area contributed by atoms with Crippen LogP contribution in [0.2, 0.25) is 5.02 Å². The molecule has 2 aromatic carbocycles. The van der Waals surface area contributed by atoms with Crippen molar-refractivity contribution in [2.24, 2.45) is 5.92 Å². The van der Waals surface area contributed by atoms with Crippen molar-refractivity contribution in [3.05, 3.63) is 41.4 Å². The lowest BCUT2D eigenvalue weighted by molar-refractivity contribution is -0.123. The normalized spacial score (nSPS) is 15.3. The zero-order valence-electron chi connectivity index (χ0n) is 21.3. The fourth-order valence-electron chi connectivity index (χ4n) is 4.31. The number of benzene rings is 2. The molecule has 1 saturated heterocycles. The Balaban J connectivity index is 1.56. The van der Waals surface area contributed by atoms with Gasteiger partial charge in [-0.3, -0.25) is 9.69 Å². The number of thiazole rings is 1. The summed E-state index contributed by atoms with van der Waals surface area (Å²) in [6.45, 7) is 1.65. The number of ether oxygens (including phenoxy) is 2. The standard InChI is InChI=1S/C25H31ClN4O5S2/c1-28(2)15-16-30(25-27-22-20(34-3)9-10-21(35-4)23(22)36-25)24(31)17-11-13-29(14-12-17)37(32,33)19-7-5-18(26)6-8-19/h5-10,17H,11-16H2,1-4H3. The molecule has 0 bridgehead atoms. The van der Waals surface area contributed by atoms with Crippen LogP contribution in [0.1, 0.15) is 12.8 Å². The van der Waals surface area contributed by atoms with Gasteiger partial charge in [-0.05, 0) is 63.3 Å². The molecular weight excluding hydrogens is 536 g/mol. The van der Waals surface area contributed by atoms with Gasteiger partial charge in [0.15, 0.2) is 5.13 Å². The average Bonchev–Trinajstić information content (AvgIpc) is 3.33. The molecule has 37 heavy (non-hydrogen) atoms. The van der Waals surface area contributed by atoms with Gasteiger partial charge in [0.1, 0.15) is 21.7 Å². The fraction of sp³-hybridized carbons (Fsp3) is 0.440. The van der Waals surface area contributed by atoms with Crippen molar-refractivity contribution in [3.8, 4) is 11.5 Å². The van der Waals surface area contributed by atoms with Gasteiger partial charge >= 0.3 is 0 Å². The molecule has 12 heteroatoms. The fourth-order valence-corrected chi connectivity index (χ4v) is 7.01. The molecule has 1 aromatic heterocycles. The highest BCUT2D eigenvalue weighted by Crippen LogP contribution is 2.40. The minimum absolute atomic E-state index is 0.0534. The van der Waals surface area contributed by atoms with Crippen molar-refractivity contribution in [3.63, 3.8) is 0 Å². The summed E-state index contributed by atoms with van der Waals surface area (Å²) >= 11 is 7.30. The average molecular weight is 567 g/mol. The van der Waals surface area contributed by atoms with E-state index in [1.165, 1.54) is 27.8 Å². The van der Waals surface area contributed by atoms with Crippen molar-refractivity contribution >= 4 is 54.2 Å². The van der Waals surface area contributed by atoms with Gasteiger partial charge in [0.2, 0.25) is 15.9 Å². The highest BCUT2D eigenvalue weighted by Gasteiger charge is 2.35. The molecule has 0 atom stereocenters. The molecule has 0 spiro atoms. The lowest BCUT2D eigenvalue weighted by atomic mass is 9.96. The number of fused-ring (bicyclic) bond motifs is 1. The molecule has 3 aromatic rings. The van der Waals surface area contributed by atoms with Crippen LogP contribution < -0.4 is 14.4 Å². The number of halogens is 1. The Morgan fingerprint density at radius 3 is 2.27 bits per heavy atom. The second-order valence-electron chi connectivity index (χ2n) is 9.07. The van der Waals surface area contributed by atoms with E-state index in [2.05, 4.69) is 0 Å². The number of amides is 1. The number of hydrogen-bond donors (Lipinski definition) is 0. The lowest BCUT2D eigenvalue weighted by Crippen LogP contribution is -2.46. The van der Waals surface area contributed by atoms with Crippen LogP contribution in [0.5, 0.6) is 11.5 Å². The summed E-state index contributed by atoms with van der Waals surface area (Å²) in [7, 11) is 3.44. The monoisotopic (exact) mass is 566 g/mol. The van der Waals surface area contributed by atoms with Gasteiger partial charge in [0.05, 0.1) is 19.1 Å². The number of aromatic nitrogens is 1. The minimum atomic E-state index is -3.65. The summed E-state index contributed by atoms with van der Waals surface area (Å²) in [5.41, 5.74) is 0.647. The van der Waals surface area contributed by atoms with Crippen LogP contribution >= 0.6 is 22.9 Å². The van der Waals surface area contributed by atoms with Crippen molar-refractivity contribution < 1.29 is 22.7 Å². The van der Waals surface area contributed by atoms with Crippen LogP contribution in [-0.2, 0) is 14.8 Å². The second kappa shape index (κ2) is 11.5. The van der Waals surface area contributed by atoms with Gasteiger partial charge in [-0.15, -0.1) is 0 Å². The molecule has 4 rings (SSSR count). The van der Waals surface area contributed by atoms with Gasteiger partial charge < -0.3 is 14.4 Å². The number of nitrogens with zero attached hydrogens (tertiary/aromatic N) is 4. The number of hydrogen-bond acceptors (Lipinski definition) is 8. The van der Waals surface area contributed by atoms with E-state index < -0.39 is 10.0 Å². The number of piperidine rings is 1. The molecule has 9 nitrogen and oxygen atoms in total. The van der Waals surface area contributed by atoms with E-state index in [1.54, 1.807) is 37.3 Å². The molecule has 0 aliphatic carbocycles. The second-order valence-corrected chi connectivity index (χ2v) is 12.4. The van der Waals surface area contributed by atoms with Gasteiger partial charge in [-0.1, -0.05) is 22.9 Å². The van der Waals surface area contributed by atoms with Gasteiger partial charge in [0.25, 0.3) is 0 Å². The third-order valence-corrected chi connectivity index (χ3v) is 9.68. The quantitative estimate of drug-likeness (QED) is 0.387. The summed E-state index contributed by atoms with van der Waals surface area (Å²) in [4.78, 5) is 22.5. The maximum absolute atomic E-state index is 13.8. The summed E-state index contributed by atoms with van der Waals surface area (Å²) in [6.07, 6.45) is 0.864. The van der Waals surface area contributed by atoms with Crippen molar-refractivity contribution in [2.45, 2.75) is 17.7 Å². The van der Waals surface area contributed by atoms with E-state index in [4.69, 9.17) is 26.1 Å². The number of carbonyl (C=O) groups excluding carboxylic acids is 1. The SMILES string of the molecule is COc1ccc(OC)c2sc(N(CCN(C)C)C(=O)C3CCN(S(=O)(=O)c4ccc(Cl)cc4)CC3)nc12. The van der Waals surface area contributed by atoms with Crippen molar-refractivity contribution in [1.29, 1.82) is 0 Å². The summed E-state index contributed by atoms with van der Waals surface area (Å²) in [6, 6.07) is 9.77. The Bertz CT molecular complexity index is 1310. The van der Waals surface area contributed by atoms with Gasteiger partial charge in [0, 0.05) is 37.1 Å². The maximum atomic E-state index is 13.8. The largest absolute Gasteiger partial charge is 0.495 e. The summed E-state index contributed by atoms with van der Waals surface area (Å²) in [5.74, 6) is 0.913. The van der Waals surface area contributed by atoms with Crippen LogP contribution in [0.4, 0.5) is 5.13 Å². The number of carbonyl (C=O) groups is 1.